The minimum Gasteiger partial charge on any atom is -0.481 e. The molecule has 2 unspecified atom stereocenters. The molecule has 4 fully saturated rings. The second-order valence-electron chi connectivity index (χ2n) is 15.5. The molecule has 3 N–H and O–H groups in total. The standard InChI is InChI=1S/C35H51NO9/c1-32(2)19-21(12-16-45-32)27(18-30(40)41)36-29(39)7-8-31(42)44-20-28(38)35(43)15-11-26-24-6-5-22-17-23(37)9-13-33(22,3)25(24)10-14-34(26,35)4/h17,21,24-27,43H,5-16,18-20H2,1-4H3,(H,36,39)(H,40,41)/t21?,24-,25+,26+,27?,33+,34+,35+/m1/s1. The maximum Gasteiger partial charge on any atom is 0.306 e. The van der Waals surface area contributed by atoms with Crippen molar-refractivity contribution < 1.29 is 43.7 Å². The number of Topliss-reactive ketones (excluding diaryl/α,β-unsaturated/α-hetero) is 1. The van der Waals surface area contributed by atoms with Gasteiger partial charge in [-0.15, -0.1) is 0 Å². The normalized spacial score (nSPS) is 37.7. The van der Waals surface area contributed by atoms with Crippen molar-refractivity contribution in [1.82, 2.24) is 5.32 Å². The van der Waals surface area contributed by atoms with E-state index in [0.29, 0.717) is 50.5 Å². The van der Waals surface area contributed by atoms with Crippen LogP contribution in [0.5, 0.6) is 0 Å². The topological polar surface area (TPSA) is 156 Å². The van der Waals surface area contributed by atoms with Crippen LogP contribution in [0.15, 0.2) is 11.6 Å². The number of nitrogens with one attached hydrogen (secondary N) is 1. The van der Waals surface area contributed by atoms with Gasteiger partial charge in [0.1, 0.15) is 5.60 Å². The highest BCUT2D eigenvalue weighted by molar-refractivity contribution is 5.92. The van der Waals surface area contributed by atoms with Crippen LogP contribution in [0.2, 0.25) is 0 Å². The van der Waals surface area contributed by atoms with Crippen molar-refractivity contribution in [2.75, 3.05) is 13.2 Å². The maximum atomic E-state index is 13.5. The van der Waals surface area contributed by atoms with Crippen LogP contribution in [-0.4, -0.2) is 70.1 Å². The lowest BCUT2D eigenvalue weighted by atomic mass is 9.46. The number of carboxylic acids is 1. The number of carboxylic acid groups (broad SMARTS) is 1. The number of rotatable bonds is 10. The first-order chi connectivity index (χ1) is 21.1. The lowest BCUT2D eigenvalue weighted by Crippen LogP contribution is -2.58. The van der Waals surface area contributed by atoms with Gasteiger partial charge in [0, 0.05) is 30.9 Å². The fourth-order valence-electron chi connectivity index (χ4n) is 10.0. The molecule has 8 atom stereocenters. The number of ketones is 2. The lowest BCUT2D eigenvalue weighted by Gasteiger charge is -2.58. The third kappa shape index (κ3) is 6.51. The zero-order chi connectivity index (χ0) is 32.8. The van der Waals surface area contributed by atoms with Crippen LogP contribution in [-0.2, 0) is 33.4 Å². The molecule has 5 rings (SSSR count). The van der Waals surface area contributed by atoms with Crippen LogP contribution < -0.4 is 5.32 Å². The van der Waals surface area contributed by atoms with Gasteiger partial charge in [0.2, 0.25) is 11.7 Å². The molecule has 0 aromatic heterocycles. The van der Waals surface area contributed by atoms with Crippen LogP contribution in [0, 0.1) is 34.5 Å². The molecule has 1 saturated heterocycles. The summed E-state index contributed by atoms with van der Waals surface area (Å²) in [4.78, 5) is 62.4. The largest absolute Gasteiger partial charge is 0.481 e. The van der Waals surface area contributed by atoms with Gasteiger partial charge in [0.15, 0.2) is 12.4 Å². The Morgan fingerprint density at radius 2 is 1.73 bits per heavy atom. The number of esters is 1. The number of aliphatic carboxylic acids is 1. The van der Waals surface area contributed by atoms with Crippen molar-refractivity contribution in [3.05, 3.63) is 11.6 Å². The number of allylic oxidation sites excluding steroid dienone is 1. The Bertz CT molecular complexity index is 1260. The summed E-state index contributed by atoms with van der Waals surface area (Å²) in [7, 11) is 0. The smallest absolute Gasteiger partial charge is 0.306 e. The molecule has 10 nitrogen and oxygen atoms in total. The first kappa shape index (κ1) is 33.8. The molecule has 1 heterocycles. The van der Waals surface area contributed by atoms with Gasteiger partial charge in [-0.25, -0.2) is 0 Å². The van der Waals surface area contributed by atoms with Crippen molar-refractivity contribution in [3.8, 4) is 0 Å². The molecular formula is C35H51NO9. The van der Waals surface area contributed by atoms with Crippen LogP contribution in [0.3, 0.4) is 0 Å². The second kappa shape index (κ2) is 12.5. The number of carbonyl (C=O) groups excluding carboxylic acids is 4. The number of amides is 1. The number of ether oxygens (including phenoxy) is 2. The summed E-state index contributed by atoms with van der Waals surface area (Å²) < 4.78 is 11.0. The fourth-order valence-corrected chi connectivity index (χ4v) is 10.0. The number of carbonyl (C=O) groups is 5. The van der Waals surface area contributed by atoms with Crippen LogP contribution >= 0.6 is 0 Å². The van der Waals surface area contributed by atoms with Crippen molar-refractivity contribution >= 4 is 29.4 Å². The predicted molar refractivity (Wildman–Crippen MR) is 164 cm³/mol. The van der Waals surface area contributed by atoms with Crippen LogP contribution in [0.4, 0.5) is 0 Å². The van der Waals surface area contributed by atoms with E-state index in [0.717, 1.165) is 32.1 Å². The van der Waals surface area contributed by atoms with Gasteiger partial charge < -0.3 is 25.0 Å². The molecule has 0 aromatic carbocycles. The number of hydrogen-bond acceptors (Lipinski definition) is 8. The van der Waals surface area contributed by atoms with Crippen molar-refractivity contribution in [3.63, 3.8) is 0 Å². The average Bonchev–Trinajstić information content (AvgIpc) is 3.25. The van der Waals surface area contributed by atoms with Gasteiger partial charge in [-0.1, -0.05) is 19.4 Å². The zero-order valence-corrected chi connectivity index (χ0v) is 27.3. The van der Waals surface area contributed by atoms with E-state index in [1.54, 1.807) is 0 Å². The average molecular weight is 630 g/mol. The Morgan fingerprint density at radius 3 is 2.44 bits per heavy atom. The van der Waals surface area contributed by atoms with Gasteiger partial charge in [-0.3, -0.25) is 24.0 Å². The van der Waals surface area contributed by atoms with Gasteiger partial charge in [-0.2, -0.15) is 0 Å². The molecule has 4 aliphatic carbocycles. The van der Waals surface area contributed by atoms with E-state index in [4.69, 9.17) is 9.47 Å². The Morgan fingerprint density at radius 1 is 1.00 bits per heavy atom. The van der Waals surface area contributed by atoms with E-state index in [1.165, 1.54) is 5.57 Å². The molecule has 3 saturated carbocycles. The Labute approximate surface area is 266 Å². The lowest BCUT2D eigenvalue weighted by molar-refractivity contribution is -0.170. The van der Waals surface area contributed by atoms with E-state index in [9.17, 15) is 34.2 Å². The molecule has 0 bridgehead atoms. The molecular weight excluding hydrogens is 578 g/mol. The first-order valence-corrected chi connectivity index (χ1v) is 16.9. The van der Waals surface area contributed by atoms with E-state index in [1.807, 2.05) is 26.8 Å². The predicted octanol–water partition coefficient (Wildman–Crippen LogP) is 4.31. The highest BCUT2D eigenvalue weighted by Crippen LogP contribution is 2.67. The van der Waals surface area contributed by atoms with E-state index in [2.05, 4.69) is 12.2 Å². The molecule has 45 heavy (non-hydrogen) atoms. The van der Waals surface area contributed by atoms with Crippen molar-refractivity contribution in [1.29, 1.82) is 0 Å². The van der Waals surface area contributed by atoms with Gasteiger partial charge in [0.25, 0.3) is 0 Å². The molecule has 0 spiro atoms. The summed E-state index contributed by atoms with van der Waals surface area (Å²) in [5.74, 6) is -1.51. The third-order valence-electron chi connectivity index (χ3n) is 12.5. The van der Waals surface area contributed by atoms with Gasteiger partial charge in [-0.05, 0) is 107 Å². The van der Waals surface area contributed by atoms with Crippen LogP contribution in [0.25, 0.3) is 0 Å². The molecule has 0 radical (unpaired) electrons. The zero-order valence-electron chi connectivity index (χ0n) is 27.3. The minimum absolute atomic E-state index is 0.000254. The van der Waals surface area contributed by atoms with Crippen molar-refractivity contribution in [2.24, 2.45) is 34.5 Å². The summed E-state index contributed by atoms with van der Waals surface area (Å²) in [5.41, 5.74) is -1.33. The molecule has 5 aliphatic rings. The second-order valence-corrected chi connectivity index (χ2v) is 15.5. The number of hydrogen-bond donors (Lipinski definition) is 3. The highest BCUT2D eigenvalue weighted by Gasteiger charge is 2.66. The first-order valence-electron chi connectivity index (χ1n) is 16.9. The summed E-state index contributed by atoms with van der Waals surface area (Å²) in [6, 6.07) is -0.578. The van der Waals surface area contributed by atoms with Gasteiger partial charge in [0.05, 0.1) is 18.4 Å². The maximum absolute atomic E-state index is 13.5. The molecule has 10 heteroatoms. The number of aliphatic hydroxyl groups is 1. The molecule has 250 valence electrons. The molecule has 0 aromatic rings. The Balaban J connectivity index is 1.13. The van der Waals surface area contributed by atoms with Gasteiger partial charge >= 0.3 is 11.9 Å². The summed E-state index contributed by atoms with van der Waals surface area (Å²) in [5, 5.41) is 24.1. The summed E-state index contributed by atoms with van der Waals surface area (Å²) in [6.45, 7) is 8.14. The molecule has 1 aliphatic heterocycles. The van der Waals surface area contributed by atoms with E-state index >= 15 is 0 Å². The fraction of sp³-hybridized carbons (Fsp3) is 0.800. The highest BCUT2D eigenvalue weighted by atomic mass is 16.5. The number of fused-ring (bicyclic) bond motifs is 5. The quantitative estimate of drug-likeness (QED) is 0.300. The third-order valence-corrected chi connectivity index (χ3v) is 12.5. The van der Waals surface area contributed by atoms with E-state index < -0.39 is 52.9 Å². The summed E-state index contributed by atoms with van der Waals surface area (Å²) >= 11 is 0. The monoisotopic (exact) mass is 629 g/mol. The van der Waals surface area contributed by atoms with Crippen molar-refractivity contribution in [2.45, 2.75) is 128 Å². The Kier molecular flexibility index (Phi) is 9.41. The van der Waals surface area contributed by atoms with Crippen LogP contribution in [0.1, 0.15) is 111 Å². The summed E-state index contributed by atoms with van der Waals surface area (Å²) in [6.07, 6.45) is 8.41. The Hall–Kier alpha value is -2.59. The minimum atomic E-state index is -1.58. The van der Waals surface area contributed by atoms with E-state index in [-0.39, 0.29) is 42.3 Å². The molecule has 1 amide bonds. The SMILES string of the molecule is CC1(C)CC(C(CC(=O)O)NC(=O)CCC(=O)OCC(=O)[C@@]2(O)CC[C@H]3[C@@H]4CCC5=CC(=O)CC[C@]5(C)[C@H]4CC[C@@]32C)CCO1.